The Bertz CT molecular complexity index is 926. The van der Waals surface area contributed by atoms with Crippen molar-refractivity contribution in [2.75, 3.05) is 28.7 Å². The normalized spacial score (nSPS) is 10.3. The molecule has 0 radical (unpaired) electrons. The lowest BCUT2D eigenvalue weighted by Gasteiger charge is -2.22. The van der Waals surface area contributed by atoms with E-state index in [2.05, 4.69) is 10.6 Å². The first-order valence-electron chi connectivity index (χ1n) is 9.89. The number of nitrogens with two attached hydrogens (primary N) is 1. The van der Waals surface area contributed by atoms with Crippen molar-refractivity contribution in [1.29, 1.82) is 5.41 Å². The summed E-state index contributed by atoms with van der Waals surface area (Å²) in [5.74, 6) is -0.807. The molecule has 9 nitrogen and oxygen atoms in total. The van der Waals surface area contributed by atoms with Crippen molar-refractivity contribution >= 4 is 40.6 Å². The van der Waals surface area contributed by atoms with E-state index < -0.39 is 0 Å². The fraction of sp³-hybridized carbons (Fsp3) is 0.273. The Morgan fingerprint density at radius 1 is 0.935 bits per heavy atom. The summed E-state index contributed by atoms with van der Waals surface area (Å²) in [5, 5.41) is 22.1. The summed E-state index contributed by atoms with van der Waals surface area (Å²) in [6.45, 7) is 1.62. The molecule has 164 valence electrons. The van der Waals surface area contributed by atoms with E-state index in [4.69, 9.17) is 11.1 Å². The van der Waals surface area contributed by atoms with Crippen molar-refractivity contribution < 1.29 is 19.5 Å². The van der Waals surface area contributed by atoms with Crippen molar-refractivity contribution in [2.24, 2.45) is 5.73 Å². The number of nitrogens with one attached hydrogen (secondary N) is 3. The number of hydrogen-bond acceptors (Lipinski definition) is 5. The maximum absolute atomic E-state index is 12.6. The molecule has 0 heterocycles. The van der Waals surface area contributed by atoms with Gasteiger partial charge in [-0.3, -0.25) is 19.8 Å². The second-order valence-corrected chi connectivity index (χ2v) is 6.76. The number of benzene rings is 2. The minimum absolute atomic E-state index is 0.0279. The van der Waals surface area contributed by atoms with E-state index in [0.717, 1.165) is 0 Å². The van der Waals surface area contributed by atoms with Gasteiger partial charge in [0.05, 0.1) is 6.61 Å². The van der Waals surface area contributed by atoms with Crippen molar-refractivity contribution in [2.45, 2.75) is 26.2 Å². The van der Waals surface area contributed by atoms with Crippen LogP contribution in [-0.4, -0.2) is 41.8 Å². The van der Waals surface area contributed by atoms with E-state index in [0.29, 0.717) is 29.0 Å². The van der Waals surface area contributed by atoms with E-state index in [1.54, 1.807) is 55.5 Å². The van der Waals surface area contributed by atoms with Gasteiger partial charge in [-0.1, -0.05) is 6.92 Å². The molecule has 0 aliphatic carbocycles. The summed E-state index contributed by atoms with van der Waals surface area (Å²) < 4.78 is 0. The molecule has 0 spiro atoms. The van der Waals surface area contributed by atoms with Crippen LogP contribution in [0.15, 0.2) is 48.5 Å². The Hall–Kier alpha value is -3.72. The van der Waals surface area contributed by atoms with E-state index in [9.17, 15) is 19.5 Å². The number of aliphatic hydroxyl groups excluding tert-OH is 1. The van der Waals surface area contributed by atoms with Gasteiger partial charge in [-0.25, -0.2) is 0 Å². The molecule has 0 saturated heterocycles. The van der Waals surface area contributed by atoms with Crippen molar-refractivity contribution in [1.82, 2.24) is 0 Å². The number of aliphatic hydroxyl groups is 1. The molecule has 2 aromatic rings. The quantitative estimate of drug-likeness (QED) is 0.292. The molecule has 9 heteroatoms. The van der Waals surface area contributed by atoms with Crippen molar-refractivity contribution in [3.05, 3.63) is 54.1 Å². The van der Waals surface area contributed by atoms with Gasteiger partial charge in [-0.15, -0.1) is 0 Å². The zero-order valence-corrected chi connectivity index (χ0v) is 17.4. The molecule has 0 saturated carbocycles. The average molecular weight is 425 g/mol. The van der Waals surface area contributed by atoms with Crippen LogP contribution in [0, 0.1) is 5.41 Å². The van der Waals surface area contributed by atoms with Crippen LogP contribution < -0.4 is 21.3 Å². The number of nitrogens with zero attached hydrogens (tertiary/aromatic N) is 1. The highest BCUT2D eigenvalue weighted by Gasteiger charge is 2.17. The van der Waals surface area contributed by atoms with Crippen LogP contribution in [0.2, 0.25) is 0 Å². The van der Waals surface area contributed by atoms with Crippen LogP contribution in [-0.2, 0) is 14.4 Å². The lowest BCUT2D eigenvalue weighted by molar-refractivity contribution is -0.122. The van der Waals surface area contributed by atoms with Gasteiger partial charge >= 0.3 is 0 Å². The minimum atomic E-state index is -0.328. The summed E-state index contributed by atoms with van der Waals surface area (Å²) >= 11 is 0. The van der Waals surface area contributed by atoms with Gasteiger partial charge in [0.15, 0.2) is 0 Å². The monoisotopic (exact) mass is 425 g/mol. The third-order valence-electron chi connectivity index (χ3n) is 4.45. The zero-order valence-electron chi connectivity index (χ0n) is 17.4. The molecular weight excluding hydrogens is 398 g/mol. The molecule has 0 fully saturated rings. The number of amides is 3. The fourth-order valence-electron chi connectivity index (χ4n) is 2.78. The lowest BCUT2D eigenvalue weighted by Crippen LogP contribution is -2.34. The predicted molar refractivity (Wildman–Crippen MR) is 120 cm³/mol. The first kappa shape index (κ1) is 23.6. The highest BCUT2D eigenvalue weighted by Crippen LogP contribution is 2.19. The first-order valence-corrected chi connectivity index (χ1v) is 9.89. The number of hydrogen-bond donors (Lipinski definition) is 5. The number of nitrogen functional groups attached to an aromatic ring is 1. The molecule has 0 aliphatic rings. The molecule has 0 atom stereocenters. The summed E-state index contributed by atoms with van der Waals surface area (Å²) in [6.07, 6.45) is 0.297. The zero-order chi connectivity index (χ0) is 22.8. The lowest BCUT2D eigenvalue weighted by atomic mass is 10.2. The molecule has 0 aliphatic heterocycles. The second kappa shape index (κ2) is 11.5. The van der Waals surface area contributed by atoms with E-state index in [1.165, 1.54) is 4.90 Å². The SMILES string of the molecule is CCC(=O)Nc1ccc(N(CCO)C(=O)CCC(=O)Nc2ccc(C(=N)N)cc2)cc1. The average Bonchev–Trinajstić information content (AvgIpc) is 2.76. The molecule has 31 heavy (non-hydrogen) atoms. The minimum Gasteiger partial charge on any atom is -0.395 e. The summed E-state index contributed by atoms with van der Waals surface area (Å²) in [6, 6.07) is 13.2. The Kier molecular flexibility index (Phi) is 8.71. The Morgan fingerprint density at radius 2 is 1.48 bits per heavy atom. The number of rotatable bonds is 10. The Labute approximate surface area is 180 Å². The smallest absolute Gasteiger partial charge is 0.227 e. The van der Waals surface area contributed by atoms with Crippen LogP contribution in [0.3, 0.4) is 0 Å². The van der Waals surface area contributed by atoms with E-state index >= 15 is 0 Å². The number of carbonyl (C=O) groups excluding carboxylic acids is 3. The Morgan fingerprint density at radius 3 is 2.00 bits per heavy atom. The molecule has 2 rings (SSSR count). The first-order chi connectivity index (χ1) is 14.8. The fourth-order valence-corrected chi connectivity index (χ4v) is 2.78. The van der Waals surface area contributed by atoms with Crippen molar-refractivity contribution in [3.8, 4) is 0 Å². The topological polar surface area (TPSA) is 149 Å². The highest BCUT2D eigenvalue weighted by atomic mass is 16.3. The van der Waals surface area contributed by atoms with Crippen LogP contribution in [0.25, 0.3) is 0 Å². The maximum atomic E-state index is 12.6. The van der Waals surface area contributed by atoms with Gasteiger partial charge in [0, 0.05) is 48.4 Å². The molecule has 6 N–H and O–H groups in total. The molecule has 2 aromatic carbocycles. The third-order valence-corrected chi connectivity index (χ3v) is 4.45. The van der Waals surface area contributed by atoms with Gasteiger partial charge in [-0.2, -0.15) is 0 Å². The van der Waals surface area contributed by atoms with E-state index in [1.807, 2.05) is 0 Å². The van der Waals surface area contributed by atoms with Gasteiger partial charge in [-0.05, 0) is 48.5 Å². The van der Waals surface area contributed by atoms with Gasteiger partial charge in [0.1, 0.15) is 5.84 Å². The van der Waals surface area contributed by atoms with Crippen LogP contribution >= 0.6 is 0 Å². The summed E-state index contributed by atoms with van der Waals surface area (Å²) in [7, 11) is 0. The summed E-state index contributed by atoms with van der Waals surface area (Å²) in [5.41, 5.74) is 7.67. The second-order valence-electron chi connectivity index (χ2n) is 6.76. The summed E-state index contributed by atoms with van der Waals surface area (Å²) in [4.78, 5) is 37.7. The standard InChI is InChI=1S/C22H27N5O4/c1-2-19(29)25-17-7-9-18(10-8-17)27(13-14-28)21(31)12-11-20(30)26-16-5-3-15(4-6-16)22(23)24/h3-10,28H,2,11-14H2,1H3,(H3,23,24)(H,25,29)(H,26,30). The molecule has 0 aromatic heterocycles. The maximum Gasteiger partial charge on any atom is 0.227 e. The van der Waals surface area contributed by atoms with Gasteiger partial charge < -0.3 is 26.4 Å². The van der Waals surface area contributed by atoms with Gasteiger partial charge in [0.25, 0.3) is 0 Å². The van der Waals surface area contributed by atoms with Gasteiger partial charge in [0.2, 0.25) is 17.7 Å². The Balaban J connectivity index is 1.94. The molecule has 0 bridgehead atoms. The predicted octanol–water partition coefficient (Wildman–Crippen LogP) is 2.06. The highest BCUT2D eigenvalue weighted by molar-refractivity contribution is 5.99. The largest absolute Gasteiger partial charge is 0.395 e. The number of carbonyl (C=O) groups is 3. The van der Waals surface area contributed by atoms with Crippen LogP contribution in [0.4, 0.5) is 17.1 Å². The van der Waals surface area contributed by atoms with Crippen molar-refractivity contribution in [3.63, 3.8) is 0 Å². The molecule has 3 amide bonds. The van der Waals surface area contributed by atoms with Crippen LogP contribution in [0.5, 0.6) is 0 Å². The van der Waals surface area contributed by atoms with E-state index in [-0.39, 0.29) is 49.6 Å². The molecular formula is C22H27N5O4. The third kappa shape index (κ3) is 7.23. The number of amidine groups is 1. The number of anilines is 3. The molecule has 0 unspecified atom stereocenters. The van der Waals surface area contributed by atoms with Crippen LogP contribution in [0.1, 0.15) is 31.7 Å².